The van der Waals surface area contributed by atoms with Crippen molar-refractivity contribution < 1.29 is 57.4 Å². The lowest BCUT2D eigenvalue weighted by Crippen LogP contribution is -2.54. The fourth-order valence-corrected chi connectivity index (χ4v) is 9.09. The average Bonchev–Trinajstić information content (AvgIpc) is 3.64. The van der Waals surface area contributed by atoms with Gasteiger partial charge in [0.25, 0.3) is 0 Å². The van der Waals surface area contributed by atoms with Crippen molar-refractivity contribution in [3.8, 4) is 0 Å². The number of carbonyl (C=O) groups excluding carboxylic acids is 9. The molecule has 4 rings (SSSR count). The van der Waals surface area contributed by atoms with Crippen LogP contribution in [0.15, 0.2) is 121 Å². The van der Waals surface area contributed by atoms with Crippen LogP contribution in [0.2, 0.25) is 0 Å². The third-order valence-corrected chi connectivity index (χ3v) is 13.4. The number of rotatable bonds is 36. The normalized spacial score (nSPS) is 13.2. The molecule has 464 valence electrons. The summed E-state index contributed by atoms with van der Waals surface area (Å²) in [6, 6.07) is 33.6. The summed E-state index contributed by atoms with van der Waals surface area (Å²) in [6.07, 6.45) is 4.96. The summed E-state index contributed by atoms with van der Waals surface area (Å²) in [7, 11) is 0. The van der Waals surface area contributed by atoms with Crippen molar-refractivity contribution in [2.45, 2.75) is 181 Å². The van der Waals surface area contributed by atoms with Crippen molar-refractivity contribution >= 4 is 53.4 Å². The van der Waals surface area contributed by atoms with Gasteiger partial charge >= 0.3 is 17.9 Å². The van der Waals surface area contributed by atoms with Crippen LogP contribution in [-0.4, -0.2) is 89.7 Å². The number of amides is 6. The number of esters is 3. The molecule has 10 N–H and O–H groups in total. The second-order valence-electron chi connectivity index (χ2n) is 23.3. The monoisotopic (exact) mass is 1180 g/mol. The van der Waals surface area contributed by atoms with Gasteiger partial charge in [0.05, 0.1) is 24.7 Å². The minimum absolute atomic E-state index is 0.0411. The fourth-order valence-electron chi connectivity index (χ4n) is 9.09. The van der Waals surface area contributed by atoms with Crippen LogP contribution in [0.5, 0.6) is 0 Å². The topological polar surface area (TPSA) is 307 Å². The van der Waals surface area contributed by atoms with E-state index in [0.717, 1.165) is 22.3 Å². The van der Waals surface area contributed by atoms with E-state index in [0.29, 0.717) is 70.8 Å². The molecule has 85 heavy (non-hydrogen) atoms. The molecule has 0 unspecified atom stereocenters. The first-order chi connectivity index (χ1) is 40.4. The van der Waals surface area contributed by atoms with Gasteiger partial charge in [-0.05, 0) is 119 Å². The van der Waals surface area contributed by atoms with Crippen LogP contribution >= 0.6 is 0 Å². The molecule has 19 nitrogen and oxygen atoms in total. The summed E-state index contributed by atoms with van der Waals surface area (Å²) < 4.78 is 16.2. The Labute approximate surface area is 502 Å². The van der Waals surface area contributed by atoms with Gasteiger partial charge in [0.15, 0.2) is 0 Å². The van der Waals surface area contributed by atoms with E-state index in [-0.39, 0.29) is 56.7 Å². The molecular weight excluding hydrogens is 1080 g/mol. The molecule has 0 aliphatic rings. The Morgan fingerprint density at radius 3 is 1.11 bits per heavy atom. The minimum atomic E-state index is -0.944. The second-order valence-corrected chi connectivity index (χ2v) is 23.3. The van der Waals surface area contributed by atoms with Crippen LogP contribution in [0.25, 0.3) is 0 Å². The average molecular weight is 1180 g/mol. The summed E-state index contributed by atoms with van der Waals surface area (Å²) in [6.45, 7) is 13.8. The van der Waals surface area contributed by atoms with Gasteiger partial charge in [-0.2, -0.15) is 0 Å². The Hall–Kier alpha value is -7.93. The van der Waals surface area contributed by atoms with Gasteiger partial charge in [0, 0.05) is 6.42 Å². The maximum atomic E-state index is 13.6. The predicted molar refractivity (Wildman–Crippen MR) is 326 cm³/mol. The van der Waals surface area contributed by atoms with Crippen molar-refractivity contribution in [3.05, 3.63) is 144 Å². The third kappa shape index (κ3) is 31.0. The van der Waals surface area contributed by atoms with Gasteiger partial charge < -0.3 is 52.7 Å². The SMILES string of the molecule is CC(C)C[C@H](NC(=O)[C@@H](CC(=O)OCc1ccccc1)Cc1ccccc1)C(=O)N[C@@H](CCCCCC(=O)OC(C)(C)C)C(N)=O.CC(C)C[C@H](NC(=O)[C@@H](CC(=O)OCc1ccccc1)Cc1ccccc1)C(=O)N[C@@H](CCCCN)C(N)=O. The lowest BCUT2D eigenvalue weighted by atomic mass is 9.94. The third-order valence-electron chi connectivity index (χ3n) is 13.4. The minimum Gasteiger partial charge on any atom is -0.461 e. The highest BCUT2D eigenvalue weighted by atomic mass is 16.6. The number of nitrogens with one attached hydrogen (secondary N) is 4. The smallest absolute Gasteiger partial charge is 0.306 e. The molecule has 0 radical (unpaired) electrons. The molecule has 4 aromatic carbocycles. The Kier molecular flexibility index (Phi) is 32.6. The molecule has 6 atom stereocenters. The first-order valence-corrected chi connectivity index (χ1v) is 29.6. The van der Waals surface area contributed by atoms with E-state index in [2.05, 4.69) is 21.3 Å². The van der Waals surface area contributed by atoms with E-state index in [1.54, 1.807) is 0 Å². The van der Waals surface area contributed by atoms with E-state index in [9.17, 15) is 43.2 Å². The molecule has 0 fully saturated rings. The number of benzene rings is 4. The molecule has 0 aromatic heterocycles. The molecular formula is C66H93N7O12. The zero-order chi connectivity index (χ0) is 62.7. The summed E-state index contributed by atoms with van der Waals surface area (Å²) in [5, 5.41) is 11.1. The largest absolute Gasteiger partial charge is 0.461 e. The number of carbonyl (C=O) groups is 9. The number of ether oxygens (including phenoxy) is 3. The molecule has 0 saturated heterocycles. The molecule has 0 aliphatic heterocycles. The highest BCUT2D eigenvalue weighted by molar-refractivity contribution is 5.94. The second kappa shape index (κ2) is 38.8. The standard InChI is InChI=1S/C36H51N3O7.C30H42N4O5/c1-25(2)21-30(35(44)38-29(33(37)42)19-13-8-14-20-31(40)46-36(3,4)5)39-34(43)28(22-26-15-9-6-10-16-26)23-32(41)45-24-27-17-11-7-12-18-27;1-21(2)17-26(30(38)33-25(28(32)36)15-9-10-16-31)34-29(37)24(18-22-11-5-3-6-12-22)19-27(35)39-20-23-13-7-4-8-14-23/h6-7,9-12,15-18,25,28-30H,8,13-14,19-24H2,1-5H3,(H2,37,42)(H,38,44)(H,39,43);3-8,11-14,21,24-26H,9-10,15-20,31H2,1-2H3,(H2,32,36)(H,33,38)(H,34,37)/t28-,29+,30+;24-,25+,26+/m11/s1. The number of nitrogens with two attached hydrogens (primary N) is 3. The van der Waals surface area contributed by atoms with Crippen molar-refractivity contribution in [2.24, 2.45) is 40.9 Å². The quantitative estimate of drug-likeness (QED) is 0.0133. The molecule has 4 aromatic rings. The molecule has 19 heteroatoms. The van der Waals surface area contributed by atoms with Gasteiger partial charge in [-0.25, -0.2) is 0 Å². The van der Waals surface area contributed by atoms with Gasteiger partial charge in [-0.15, -0.1) is 0 Å². The summed E-state index contributed by atoms with van der Waals surface area (Å²) in [5.74, 6) is -5.96. The summed E-state index contributed by atoms with van der Waals surface area (Å²) >= 11 is 0. The Bertz CT molecular complexity index is 2670. The van der Waals surface area contributed by atoms with Crippen LogP contribution in [0.1, 0.15) is 148 Å². The van der Waals surface area contributed by atoms with Crippen LogP contribution < -0.4 is 38.5 Å². The molecule has 0 bridgehead atoms. The molecule has 0 heterocycles. The van der Waals surface area contributed by atoms with E-state index in [1.807, 2.05) is 170 Å². The number of primary amides is 2. The highest BCUT2D eigenvalue weighted by Gasteiger charge is 2.33. The van der Waals surface area contributed by atoms with Crippen molar-refractivity contribution in [1.29, 1.82) is 0 Å². The molecule has 6 amide bonds. The Morgan fingerprint density at radius 2 is 0.776 bits per heavy atom. The van der Waals surface area contributed by atoms with Crippen molar-refractivity contribution in [2.75, 3.05) is 6.54 Å². The van der Waals surface area contributed by atoms with Crippen molar-refractivity contribution in [1.82, 2.24) is 21.3 Å². The molecule has 0 aliphatic carbocycles. The van der Waals surface area contributed by atoms with Crippen LogP contribution in [0.3, 0.4) is 0 Å². The maximum Gasteiger partial charge on any atom is 0.306 e. The van der Waals surface area contributed by atoms with Gasteiger partial charge in [0.2, 0.25) is 35.4 Å². The van der Waals surface area contributed by atoms with Crippen LogP contribution in [0.4, 0.5) is 0 Å². The Morgan fingerprint density at radius 1 is 0.435 bits per heavy atom. The molecule has 0 saturated carbocycles. The maximum absolute atomic E-state index is 13.6. The first-order valence-electron chi connectivity index (χ1n) is 29.6. The molecule has 0 spiro atoms. The van der Waals surface area contributed by atoms with Crippen LogP contribution in [-0.2, 0) is 83.4 Å². The van der Waals surface area contributed by atoms with E-state index in [1.165, 1.54) is 0 Å². The highest BCUT2D eigenvalue weighted by Crippen LogP contribution is 2.20. The van der Waals surface area contributed by atoms with Gasteiger partial charge in [0.1, 0.15) is 43.0 Å². The lowest BCUT2D eigenvalue weighted by Gasteiger charge is -2.25. The fraction of sp³-hybridized carbons (Fsp3) is 0.500. The van der Waals surface area contributed by atoms with Gasteiger partial charge in [-0.1, -0.05) is 162 Å². The van der Waals surface area contributed by atoms with Gasteiger partial charge in [-0.3, -0.25) is 43.2 Å². The number of hydrogen-bond acceptors (Lipinski definition) is 13. The zero-order valence-corrected chi connectivity index (χ0v) is 50.8. The summed E-state index contributed by atoms with van der Waals surface area (Å²) in [5.41, 5.74) is 19.5. The number of unbranched alkanes of at least 4 members (excludes halogenated alkanes) is 3. The van der Waals surface area contributed by atoms with Crippen LogP contribution in [0, 0.1) is 23.7 Å². The lowest BCUT2D eigenvalue weighted by molar-refractivity contribution is -0.155. The van der Waals surface area contributed by atoms with E-state index in [4.69, 9.17) is 31.4 Å². The van der Waals surface area contributed by atoms with E-state index >= 15 is 0 Å². The van der Waals surface area contributed by atoms with Crippen molar-refractivity contribution in [3.63, 3.8) is 0 Å². The first kappa shape index (κ1) is 71.3. The zero-order valence-electron chi connectivity index (χ0n) is 50.8. The predicted octanol–water partition coefficient (Wildman–Crippen LogP) is 7.38. The summed E-state index contributed by atoms with van der Waals surface area (Å²) in [4.78, 5) is 115. The Balaban J connectivity index is 0.000000451. The number of hydrogen-bond donors (Lipinski definition) is 7. The van der Waals surface area contributed by atoms with E-state index < -0.39 is 89.0 Å².